The lowest BCUT2D eigenvalue weighted by Gasteiger charge is -2.20. The smallest absolute Gasteiger partial charge is 0.316 e. The third-order valence-corrected chi connectivity index (χ3v) is 14.2. The molecule has 7 amide bonds. The zero-order valence-corrected chi connectivity index (χ0v) is 81.2. The van der Waals surface area contributed by atoms with Crippen LogP contribution in [0.3, 0.4) is 0 Å². The number of amides is 7. The first-order valence-corrected chi connectivity index (χ1v) is 41.6. The van der Waals surface area contributed by atoms with Gasteiger partial charge in [0.15, 0.2) is 32.5 Å². The molecule has 0 spiro atoms. The summed E-state index contributed by atoms with van der Waals surface area (Å²) >= 11 is 4.15. The molecule has 0 saturated carbocycles. The summed E-state index contributed by atoms with van der Waals surface area (Å²) in [6.07, 6.45) is 4.41. The van der Waals surface area contributed by atoms with Crippen LogP contribution in [0.5, 0.6) is 0 Å². The fraction of sp³-hybridized carbons (Fsp3) is 0.671. The summed E-state index contributed by atoms with van der Waals surface area (Å²) in [6, 6.07) is 2.21. The van der Waals surface area contributed by atoms with Gasteiger partial charge in [-0.3, -0.25) is 33.6 Å². The molecule has 7 aromatic rings. The van der Waals surface area contributed by atoms with E-state index in [0.29, 0.717) is 33.3 Å². The number of hydrogen-bond donors (Lipinski definition) is 14. The van der Waals surface area contributed by atoms with Crippen LogP contribution in [0.1, 0.15) is 356 Å². The number of carbonyl (C=O) groups excluding carboxylic acids is 7. The number of aromatic nitrogens is 8. The van der Waals surface area contributed by atoms with Gasteiger partial charge in [-0.15, -0.1) is 27.8 Å². The maximum absolute atomic E-state index is 11.9. The number of carbonyl (C=O) groups is 7. The molecular formula is C82H146N22O11S3. The number of hydrogen-bond acceptors (Lipinski definition) is 29. The molecule has 36 heteroatoms. The predicted molar refractivity (Wildman–Crippen MR) is 482 cm³/mol. The van der Waals surface area contributed by atoms with Gasteiger partial charge < -0.3 is 92.2 Å². The highest BCUT2D eigenvalue weighted by molar-refractivity contribution is 7.17. The van der Waals surface area contributed by atoms with Crippen molar-refractivity contribution in [3.8, 4) is 0 Å². The summed E-state index contributed by atoms with van der Waals surface area (Å²) in [6.45, 7) is 80.7. The van der Waals surface area contributed by atoms with Gasteiger partial charge in [-0.1, -0.05) is 35.4 Å². The summed E-state index contributed by atoms with van der Waals surface area (Å²) in [5.41, 5.74) is -1.53. The van der Waals surface area contributed by atoms with Crippen molar-refractivity contribution in [3.63, 3.8) is 0 Å². The Kier molecular flexibility index (Phi) is 40.5. The Morgan fingerprint density at radius 1 is 0.339 bits per heavy atom. The molecule has 0 aromatic carbocycles. The summed E-state index contributed by atoms with van der Waals surface area (Å²) in [4.78, 5) is 104. The number of nitrogens with zero attached hydrogens (tertiary/aromatic N) is 8. The van der Waals surface area contributed by atoms with Crippen molar-refractivity contribution in [1.29, 1.82) is 0 Å². The average molecular weight is 1710 g/mol. The van der Waals surface area contributed by atoms with E-state index in [1.54, 1.807) is 24.7 Å². The van der Waals surface area contributed by atoms with Gasteiger partial charge in [0.2, 0.25) is 5.88 Å². The minimum Gasteiger partial charge on any atom is -0.439 e. The van der Waals surface area contributed by atoms with Crippen molar-refractivity contribution < 1.29 is 51.3 Å². The molecule has 0 unspecified atom stereocenters. The van der Waals surface area contributed by atoms with Crippen LogP contribution in [0.15, 0.2) is 53.3 Å². The Morgan fingerprint density at radius 3 is 1.17 bits per heavy atom. The van der Waals surface area contributed by atoms with Gasteiger partial charge >= 0.3 is 23.7 Å². The molecule has 0 aliphatic heterocycles. The lowest BCUT2D eigenvalue weighted by Crippen LogP contribution is -2.40. The molecule has 668 valence electrons. The molecule has 0 radical (unpaired) electrons. The summed E-state index contributed by atoms with van der Waals surface area (Å²) in [5.74, 6) is 0.391. The third-order valence-electron chi connectivity index (χ3n) is 11.5. The zero-order chi connectivity index (χ0) is 92.4. The molecule has 0 aliphatic carbocycles. The normalized spacial score (nSPS) is 12.1. The second kappa shape index (κ2) is 44.0. The molecule has 14 N–H and O–H groups in total. The van der Waals surface area contributed by atoms with Crippen LogP contribution in [-0.2, 0) is 0 Å². The lowest BCUT2D eigenvalue weighted by molar-refractivity contribution is 0.0876. The van der Waals surface area contributed by atoms with Gasteiger partial charge in [0, 0.05) is 95.9 Å². The van der Waals surface area contributed by atoms with E-state index in [9.17, 15) is 33.6 Å². The van der Waals surface area contributed by atoms with E-state index in [1.165, 1.54) is 46.5 Å². The largest absolute Gasteiger partial charge is 0.439 e. The van der Waals surface area contributed by atoms with Crippen molar-refractivity contribution in [2.45, 2.75) is 356 Å². The zero-order valence-electron chi connectivity index (χ0n) is 78.8. The SMILES string of the molecule is CC.CC(C)(C)NC(=O)c1cc(NC(C)(C)C)on1.CC(C)(C)NC(=O)c1cnc(NC(C)(C)C)s1.CC(C)(C)NC(=O)c1coc(NC(C)(C)C)n1.CC(C)(C)NC(=O)c1nc(NC(C)(C)C)co1.CC(C)(C)NC(=O)c1nc(NC(C)(C)C)cs1.CC(C)(C)NC(=O)c1nnc(NC(C)(C)C)o1.CNc1nc(C(=O)NC(C)(C)C)cs1. The second-order valence-corrected chi connectivity index (χ2v) is 43.3. The summed E-state index contributed by atoms with van der Waals surface area (Å²) in [5, 5.41) is 58.3. The van der Waals surface area contributed by atoms with Crippen LogP contribution in [-0.4, -0.2) is 161 Å². The monoisotopic (exact) mass is 1710 g/mol. The third kappa shape index (κ3) is 53.8. The van der Waals surface area contributed by atoms with Gasteiger partial charge in [-0.25, -0.2) is 15.0 Å². The first kappa shape index (κ1) is 109. The molecule has 7 aromatic heterocycles. The second-order valence-electron chi connectivity index (χ2n) is 40.6. The van der Waals surface area contributed by atoms with E-state index in [0.717, 1.165) is 16.1 Å². The van der Waals surface area contributed by atoms with Crippen LogP contribution in [0.4, 0.5) is 39.8 Å². The van der Waals surface area contributed by atoms with E-state index in [-0.39, 0.29) is 143 Å². The molecule has 0 bridgehead atoms. The number of rotatable bonds is 14. The van der Waals surface area contributed by atoms with Crippen molar-refractivity contribution in [1.82, 2.24) is 77.5 Å². The highest BCUT2D eigenvalue weighted by Crippen LogP contribution is 2.25. The fourth-order valence-electron chi connectivity index (χ4n) is 7.94. The minimum atomic E-state index is -0.369. The van der Waals surface area contributed by atoms with Crippen molar-refractivity contribution >= 4 is 115 Å². The molecule has 33 nitrogen and oxygen atoms in total. The Bertz CT molecular complexity index is 3610. The molecule has 0 fully saturated rings. The van der Waals surface area contributed by atoms with Crippen molar-refractivity contribution in [2.24, 2.45) is 0 Å². The number of oxazole rings is 2. The van der Waals surface area contributed by atoms with Crippen LogP contribution >= 0.6 is 34.0 Å². The molecular weight excluding hydrogens is 1570 g/mol. The molecule has 7 rings (SSSR count). The quantitative estimate of drug-likeness (QED) is 0.0481. The standard InChI is InChI=1S/3C12H21N3O2.2C12H21N3OS.C11H20N4O2.C9H15N3OS.C2H6/c1-11(2,3)14-8-7-17-10(13-8)9(16)15-12(4,5)6;1-11(2,3)14-9(16)8-7-17-10(13-8)15-12(4,5)6;1-11(2,3)13-9-7-8(15-17-9)10(16)14-12(4,5)6;1-11(2,3)14-8-7-17-10(13-8)9(16)15-12(4,5)6;1-11(2,3)14-9(16)8-7-13-10(17-8)15-12(4,5)6;1-10(2,3)12-7(16)8-14-15-9(17-8)13-11(4,5)6;1-9(2,3)12-7(13)6-5-14-8(10-4)11-6;1-2/h7,14H,1-6H3,(H,15,16);7H,1-6H3,(H,13,15)(H,14,16);7,13H,1-6H3,(H,14,16);7,14H,1-6H3,(H,15,16);7H,1-6H3,(H,13,15)(H,14,16);1-6H3,(H,12,16)(H,13,15);5H,1-4H3,(H,10,11)(H,12,13);1-2H3. The first-order valence-electron chi connectivity index (χ1n) is 39.1. The van der Waals surface area contributed by atoms with Crippen molar-refractivity contribution in [3.05, 3.63) is 74.3 Å². The van der Waals surface area contributed by atoms with Gasteiger partial charge in [-0.05, 0) is 270 Å². The van der Waals surface area contributed by atoms with E-state index >= 15 is 0 Å². The van der Waals surface area contributed by atoms with Gasteiger partial charge in [0.25, 0.3) is 41.4 Å². The predicted octanol–water partition coefficient (Wildman–Crippen LogP) is 17.6. The topological polar surface area (TPSA) is 444 Å². The molecule has 7 heterocycles. The van der Waals surface area contributed by atoms with E-state index in [1.807, 2.05) is 248 Å². The molecule has 0 aliphatic rings. The minimum absolute atomic E-state index is 0.0355. The maximum atomic E-state index is 11.9. The molecule has 0 saturated heterocycles. The fourth-order valence-corrected chi connectivity index (χ4v) is 10.2. The van der Waals surface area contributed by atoms with E-state index in [2.05, 4.69) is 156 Å². The van der Waals surface area contributed by atoms with E-state index < -0.39 is 0 Å². The number of nitrogens with one attached hydrogen (secondary N) is 14. The van der Waals surface area contributed by atoms with E-state index in [4.69, 9.17) is 17.8 Å². The maximum Gasteiger partial charge on any atom is 0.316 e. The number of thiazole rings is 3. The van der Waals surface area contributed by atoms with Crippen LogP contribution in [0.2, 0.25) is 0 Å². The average Bonchev–Trinajstić information content (AvgIpc) is 1.75. The Morgan fingerprint density at radius 2 is 0.737 bits per heavy atom. The van der Waals surface area contributed by atoms with Crippen LogP contribution < -0.4 is 74.4 Å². The lowest BCUT2D eigenvalue weighted by atomic mass is 10.1. The Hall–Kier alpha value is -9.45. The number of anilines is 7. The Balaban J connectivity index is 0.00000135. The summed E-state index contributed by atoms with van der Waals surface area (Å²) in [7, 11) is 1.78. The Labute approximate surface area is 714 Å². The summed E-state index contributed by atoms with van der Waals surface area (Å²) < 4.78 is 20.6. The van der Waals surface area contributed by atoms with Gasteiger partial charge in [0.05, 0.1) is 6.20 Å². The first-order chi connectivity index (χ1) is 52.8. The molecule has 0 atom stereocenters. The highest BCUT2D eigenvalue weighted by atomic mass is 32.1. The molecule has 118 heavy (non-hydrogen) atoms. The van der Waals surface area contributed by atoms with Crippen LogP contribution in [0, 0.1) is 0 Å². The van der Waals surface area contributed by atoms with Gasteiger partial charge in [0.1, 0.15) is 28.9 Å². The van der Waals surface area contributed by atoms with Crippen molar-refractivity contribution in [2.75, 3.05) is 44.3 Å². The van der Waals surface area contributed by atoms with Gasteiger partial charge in [-0.2, -0.15) is 9.97 Å². The van der Waals surface area contributed by atoms with Crippen LogP contribution in [0.25, 0.3) is 0 Å². The highest BCUT2D eigenvalue weighted by Gasteiger charge is 2.28.